The summed E-state index contributed by atoms with van der Waals surface area (Å²) in [5, 5.41) is 37.5. The number of imide groups is 1. The number of piperazine rings is 1. The summed E-state index contributed by atoms with van der Waals surface area (Å²) in [6.07, 6.45) is 0. The first kappa shape index (κ1) is 34.2. The molecule has 0 saturated carbocycles. The Labute approximate surface area is 286 Å². The third-order valence-corrected chi connectivity index (χ3v) is 9.62. The van der Waals surface area contributed by atoms with Crippen LogP contribution in [-0.2, 0) is 31.0 Å². The Morgan fingerprint density at radius 1 is 1.16 bits per heavy atom. The van der Waals surface area contributed by atoms with Crippen LogP contribution in [0.3, 0.4) is 0 Å². The van der Waals surface area contributed by atoms with Gasteiger partial charge in [0.2, 0.25) is 11.1 Å². The Hall–Kier alpha value is -3.65. The predicted octanol–water partition coefficient (Wildman–Crippen LogP) is -4.74. The van der Waals surface area contributed by atoms with E-state index in [0.29, 0.717) is 15.6 Å². The van der Waals surface area contributed by atoms with Crippen molar-refractivity contribution in [1.29, 1.82) is 0 Å². The molecule has 0 spiro atoms. The van der Waals surface area contributed by atoms with Crippen molar-refractivity contribution >= 4 is 59.2 Å². The molecule has 3 aliphatic rings. The number of hydrogen-bond donors (Lipinski definition) is 3. The molecule has 3 N–H and O–H groups in total. The zero-order valence-corrected chi connectivity index (χ0v) is 28.0. The van der Waals surface area contributed by atoms with E-state index < -0.39 is 53.1 Å². The molecule has 1 aromatic carbocycles. The van der Waals surface area contributed by atoms with Gasteiger partial charge in [0.25, 0.3) is 5.91 Å². The molecule has 5 rings (SSSR count). The number of aliphatic carboxylic acids is 1. The van der Waals surface area contributed by atoms with Crippen LogP contribution in [0.5, 0.6) is 5.75 Å². The van der Waals surface area contributed by atoms with Crippen molar-refractivity contribution in [2.75, 3.05) is 31.1 Å². The van der Waals surface area contributed by atoms with Gasteiger partial charge in [-0.3, -0.25) is 29.0 Å². The summed E-state index contributed by atoms with van der Waals surface area (Å²) in [5.74, 6) is -4.58. The molecule has 0 aliphatic carbocycles. The first-order chi connectivity index (χ1) is 21.0. The minimum absolute atomic E-state index is 0. The van der Waals surface area contributed by atoms with Gasteiger partial charge in [-0.25, -0.2) is 14.3 Å². The summed E-state index contributed by atoms with van der Waals surface area (Å²) >= 11 is 2.47. The van der Waals surface area contributed by atoms with Gasteiger partial charge >= 0.3 is 53.4 Å². The van der Waals surface area contributed by atoms with Crippen LogP contribution >= 0.6 is 23.5 Å². The number of carboxylic acid groups (broad SMARTS) is 1. The van der Waals surface area contributed by atoms with Gasteiger partial charge in [-0.2, -0.15) is 0 Å². The molecule has 0 bridgehead atoms. The van der Waals surface area contributed by atoms with Crippen LogP contribution in [0.1, 0.15) is 18.5 Å². The van der Waals surface area contributed by atoms with E-state index in [-0.39, 0.29) is 77.7 Å². The van der Waals surface area contributed by atoms with Crippen LogP contribution in [0.4, 0.5) is 4.79 Å². The monoisotopic (exact) mass is 667 g/mol. The molecule has 2 aromatic rings. The summed E-state index contributed by atoms with van der Waals surface area (Å²) in [7, 11) is 1.64. The number of likely N-dealkylation sites (N-methyl/N-ethyl adjacent to an activating group) is 1. The molecule has 0 unspecified atom stereocenters. The fraction of sp³-hybridized carbons (Fsp3) is 0.400. The van der Waals surface area contributed by atoms with Crippen LogP contribution in [-0.4, -0.2) is 118 Å². The zero-order chi connectivity index (χ0) is 31.7. The second-order valence-electron chi connectivity index (χ2n) is 9.82. The van der Waals surface area contributed by atoms with Crippen molar-refractivity contribution in [3.63, 3.8) is 0 Å². The second kappa shape index (κ2) is 14.2. The van der Waals surface area contributed by atoms with E-state index in [1.54, 1.807) is 14.0 Å². The number of carboxylic acids is 1. The number of tetrazole rings is 1. The number of fused-ring (bicyclic) bond motifs is 1. The predicted molar refractivity (Wildman–Crippen MR) is 150 cm³/mol. The number of benzene rings is 1. The number of β-lactam (4-membered cyclic amide) rings is 1. The maximum absolute atomic E-state index is 13.5. The average molecular weight is 668 g/mol. The first-order valence-electron chi connectivity index (χ1n) is 13.3. The van der Waals surface area contributed by atoms with Crippen molar-refractivity contribution in [1.82, 2.24) is 45.5 Å². The van der Waals surface area contributed by atoms with Gasteiger partial charge < -0.3 is 25.7 Å². The standard InChI is InChI=1S/C25H27N9O8S2.Na/c1-3-32-8-9-33(21(39)20(32)38)24(42)27-15(12-4-6-14(35)7-5-12)18(36)26-16-19(37)34-17(23(40)41)13(10-43-22(16)34)11-44-25-28-29-30-31(25)2;/h4-7,15-16,22,35H,3,8-11H2,1-2H3,(H,26,36)(H,27,42)(H,40,41);/q;+1/p-1/t15-,16-,22-;/m1./s1. The van der Waals surface area contributed by atoms with Crippen LogP contribution in [0.25, 0.3) is 0 Å². The SMILES string of the molecule is CCN1CCN(C(=O)N[C@@H](C(=O)N[C@@H]2C(=O)N3C(C(=O)O)=C(CSc4nnnn4C)CS[C@H]23)c2ccc([O-])cc2)C(=O)C1=O.[Na+]. The second-order valence-corrected chi connectivity index (χ2v) is 11.9. The molecular formula is C25H26N9NaO8S2. The van der Waals surface area contributed by atoms with Crippen molar-refractivity contribution in [3.8, 4) is 5.75 Å². The van der Waals surface area contributed by atoms with Gasteiger partial charge in [-0.05, 0) is 28.5 Å². The van der Waals surface area contributed by atoms with Crippen molar-refractivity contribution < 1.29 is 68.5 Å². The first-order valence-corrected chi connectivity index (χ1v) is 15.3. The molecule has 2 saturated heterocycles. The molecule has 3 aliphatic heterocycles. The summed E-state index contributed by atoms with van der Waals surface area (Å²) in [6.45, 7) is 2.01. The van der Waals surface area contributed by atoms with Crippen LogP contribution in [0, 0.1) is 0 Å². The number of aromatic nitrogens is 4. The van der Waals surface area contributed by atoms with Crippen molar-refractivity contribution in [3.05, 3.63) is 41.1 Å². The van der Waals surface area contributed by atoms with E-state index in [9.17, 15) is 39.0 Å². The third-order valence-electron chi connectivity index (χ3n) is 7.18. The van der Waals surface area contributed by atoms with E-state index in [2.05, 4.69) is 26.2 Å². The fourth-order valence-electron chi connectivity index (χ4n) is 4.86. The maximum Gasteiger partial charge on any atom is 1.00 e. The average Bonchev–Trinajstić information content (AvgIpc) is 3.42. The van der Waals surface area contributed by atoms with Crippen LogP contribution in [0.2, 0.25) is 0 Å². The molecule has 45 heavy (non-hydrogen) atoms. The van der Waals surface area contributed by atoms with Crippen molar-refractivity contribution in [2.24, 2.45) is 7.05 Å². The maximum atomic E-state index is 13.5. The smallest absolute Gasteiger partial charge is 0.872 e. The minimum atomic E-state index is -1.45. The molecule has 4 heterocycles. The number of nitrogens with zero attached hydrogens (tertiary/aromatic N) is 7. The van der Waals surface area contributed by atoms with Gasteiger partial charge in [0, 0.05) is 38.2 Å². The molecule has 232 valence electrons. The number of hydrogen-bond acceptors (Lipinski definition) is 12. The molecule has 17 nitrogen and oxygen atoms in total. The quantitative estimate of drug-likeness (QED) is 0.0991. The molecule has 6 amide bonds. The molecule has 1 aromatic heterocycles. The number of carbonyl (C=O) groups excluding carboxylic acids is 5. The number of nitrogens with one attached hydrogen (secondary N) is 2. The van der Waals surface area contributed by atoms with Crippen LogP contribution in [0.15, 0.2) is 40.7 Å². The summed E-state index contributed by atoms with van der Waals surface area (Å²) in [4.78, 5) is 80.0. The van der Waals surface area contributed by atoms with E-state index in [1.807, 2.05) is 0 Å². The minimum Gasteiger partial charge on any atom is -0.872 e. The normalized spacial score (nSPS) is 20.2. The van der Waals surface area contributed by atoms with Gasteiger partial charge in [0.05, 0.1) is 0 Å². The Balaban J connectivity index is 0.00000461. The van der Waals surface area contributed by atoms with E-state index >= 15 is 0 Å². The van der Waals surface area contributed by atoms with Gasteiger partial charge in [0.1, 0.15) is 23.2 Å². The molecule has 3 atom stereocenters. The van der Waals surface area contributed by atoms with Gasteiger partial charge in [-0.1, -0.05) is 36.0 Å². The summed E-state index contributed by atoms with van der Waals surface area (Å²) in [5.41, 5.74) is 0.484. The molecule has 0 radical (unpaired) electrons. The Morgan fingerprint density at radius 2 is 1.87 bits per heavy atom. The number of amides is 6. The summed E-state index contributed by atoms with van der Waals surface area (Å²) < 4.78 is 1.43. The molecule has 2 fully saturated rings. The number of urea groups is 1. The van der Waals surface area contributed by atoms with Gasteiger partial charge in [-0.15, -0.1) is 22.6 Å². The zero-order valence-electron chi connectivity index (χ0n) is 24.3. The van der Waals surface area contributed by atoms with Crippen molar-refractivity contribution in [2.45, 2.75) is 29.5 Å². The summed E-state index contributed by atoms with van der Waals surface area (Å²) in [6, 6.07) is 1.44. The Bertz CT molecular complexity index is 1570. The number of rotatable bonds is 9. The Kier molecular flexibility index (Phi) is 10.8. The van der Waals surface area contributed by atoms with E-state index in [4.69, 9.17) is 0 Å². The third kappa shape index (κ3) is 6.81. The van der Waals surface area contributed by atoms with Gasteiger partial charge in [0.15, 0.2) is 0 Å². The van der Waals surface area contributed by atoms with Crippen LogP contribution < -0.4 is 45.3 Å². The number of aryl methyl sites for hydroxylation is 1. The topological polar surface area (TPSA) is 223 Å². The largest absolute Gasteiger partial charge is 1.00 e. The number of thioether (sulfide) groups is 2. The molecular weight excluding hydrogens is 641 g/mol. The number of carbonyl (C=O) groups is 6. The fourth-order valence-corrected chi connectivity index (χ4v) is 7.19. The van der Waals surface area contributed by atoms with E-state index in [0.717, 1.165) is 4.90 Å². The van der Waals surface area contributed by atoms with E-state index in [1.165, 1.54) is 57.4 Å². The molecule has 20 heteroatoms. The Morgan fingerprint density at radius 3 is 2.49 bits per heavy atom.